The minimum absolute atomic E-state index is 0.0507. The van der Waals surface area contributed by atoms with Crippen LogP contribution in [0.5, 0.6) is 5.75 Å². The van der Waals surface area contributed by atoms with Crippen LogP contribution in [0.3, 0.4) is 0 Å². The summed E-state index contributed by atoms with van der Waals surface area (Å²) in [6.45, 7) is 0.370. The van der Waals surface area contributed by atoms with Gasteiger partial charge < -0.3 is 24.8 Å². The summed E-state index contributed by atoms with van der Waals surface area (Å²) < 4.78 is 44.7. The third-order valence-corrected chi connectivity index (χ3v) is 7.60. The van der Waals surface area contributed by atoms with Crippen LogP contribution in [0.1, 0.15) is 28.8 Å². The van der Waals surface area contributed by atoms with Gasteiger partial charge in [0.05, 0.1) is 19.3 Å². The summed E-state index contributed by atoms with van der Waals surface area (Å²) in [7, 11) is 1.55. The quantitative estimate of drug-likeness (QED) is 0.471. The largest absolute Gasteiger partial charge is 0.497 e. The van der Waals surface area contributed by atoms with Gasteiger partial charge in [-0.05, 0) is 67.4 Å². The zero-order valence-corrected chi connectivity index (χ0v) is 22.4. The molecule has 0 aliphatic carbocycles. The van der Waals surface area contributed by atoms with Gasteiger partial charge in [0, 0.05) is 30.0 Å². The maximum atomic E-state index is 13.9. The molecule has 1 spiro atoms. The zero-order valence-electron chi connectivity index (χ0n) is 22.4. The van der Waals surface area contributed by atoms with Crippen LogP contribution in [0.2, 0.25) is 0 Å². The smallest absolute Gasteiger partial charge is 0.416 e. The van der Waals surface area contributed by atoms with Crippen molar-refractivity contribution in [2.24, 2.45) is 0 Å². The molecule has 0 radical (unpaired) electrons. The van der Waals surface area contributed by atoms with Crippen molar-refractivity contribution in [1.29, 1.82) is 0 Å². The molecule has 0 bridgehead atoms. The number of carbonyl (C=O) groups excluding carboxylic acids is 3. The minimum atomic E-state index is -4.56. The highest BCUT2D eigenvalue weighted by Gasteiger charge is 2.54. The first-order valence-electron chi connectivity index (χ1n) is 13.1. The number of piperidine rings is 1. The molecule has 5 rings (SSSR count). The van der Waals surface area contributed by atoms with Crippen molar-refractivity contribution in [1.82, 2.24) is 9.80 Å². The monoisotopic (exact) mass is 566 g/mol. The topological polar surface area (TPSA) is 82.2 Å². The van der Waals surface area contributed by atoms with Crippen LogP contribution in [0.15, 0.2) is 78.9 Å². The van der Waals surface area contributed by atoms with Crippen LogP contribution in [0.4, 0.5) is 24.5 Å². The molecule has 2 saturated heterocycles. The maximum Gasteiger partial charge on any atom is 0.416 e. The van der Waals surface area contributed by atoms with Crippen LogP contribution < -0.4 is 15.0 Å². The fraction of sp³-hybridized carbons (Fsp3) is 0.300. The number of amides is 3. The average Bonchev–Trinajstić information content (AvgIpc) is 3.23. The molecular weight excluding hydrogens is 537 g/mol. The number of anilines is 2. The fourth-order valence-electron chi connectivity index (χ4n) is 5.46. The SMILES string of the molecule is COc1ccc(NC(=O)CN2CN(c3ccccc3)C3(CCN(C(=O)c4cccc(C(F)(F)F)c4)CC3)C2=O)cc1. The lowest BCUT2D eigenvalue weighted by Crippen LogP contribution is -2.57. The van der Waals surface area contributed by atoms with E-state index in [-0.39, 0.29) is 56.5 Å². The second-order valence-corrected chi connectivity index (χ2v) is 10.1. The van der Waals surface area contributed by atoms with E-state index in [1.807, 2.05) is 35.2 Å². The van der Waals surface area contributed by atoms with Crippen molar-refractivity contribution in [3.05, 3.63) is 90.0 Å². The number of nitrogens with zero attached hydrogens (tertiary/aromatic N) is 3. The van der Waals surface area contributed by atoms with Crippen LogP contribution in [0.25, 0.3) is 0 Å². The van der Waals surface area contributed by atoms with Crippen molar-refractivity contribution in [2.75, 3.05) is 43.6 Å². The molecular formula is C30H29F3N4O4. The first-order chi connectivity index (χ1) is 19.6. The van der Waals surface area contributed by atoms with Gasteiger partial charge in [0.2, 0.25) is 5.91 Å². The lowest BCUT2D eigenvalue weighted by Gasteiger charge is -2.43. The van der Waals surface area contributed by atoms with Gasteiger partial charge in [0.15, 0.2) is 0 Å². The summed E-state index contributed by atoms with van der Waals surface area (Å²) in [5, 5.41) is 2.80. The van der Waals surface area contributed by atoms with Crippen LogP contribution in [0, 0.1) is 0 Å². The second-order valence-electron chi connectivity index (χ2n) is 10.1. The van der Waals surface area contributed by atoms with Gasteiger partial charge in [-0.1, -0.05) is 24.3 Å². The van der Waals surface area contributed by atoms with E-state index in [9.17, 15) is 27.6 Å². The average molecular weight is 567 g/mol. The van der Waals surface area contributed by atoms with Gasteiger partial charge in [-0.25, -0.2) is 0 Å². The summed E-state index contributed by atoms with van der Waals surface area (Å²) in [6.07, 6.45) is -4.03. The number of carbonyl (C=O) groups is 3. The van der Waals surface area contributed by atoms with Gasteiger partial charge in [-0.2, -0.15) is 13.2 Å². The van der Waals surface area contributed by atoms with E-state index < -0.39 is 23.2 Å². The number of rotatable bonds is 6. The number of nitrogens with one attached hydrogen (secondary N) is 1. The Balaban J connectivity index is 1.32. The Bertz CT molecular complexity index is 1420. The number of para-hydroxylation sites is 1. The molecule has 41 heavy (non-hydrogen) atoms. The summed E-state index contributed by atoms with van der Waals surface area (Å²) in [4.78, 5) is 44.9. The number of alkyl halides is 3. The van der Waals surface area contributed by atoms with Gasteiger partial charge in [-0.3, -0.25) is 14.4 Å². The molecule has 3 aromatic carbocycles. The number of halogens is 3. The molecule has 214 valence electrons. The molecule has 2 aliphatic rings. The third-order valence-electron chi connectivity index (χ3n) is 7.60. The number of likely N-dealkylation sites (tertiary alicyclic amines) is 1. The molecule has 1 N–H and O–H groups in total. The Labute approximate surface area is 235 Å². The number of ether oxygens (including phenoxy) is 1. The standard InChI is InChI=1S/C30H29F3N4O4/c1-41-25-12-10-23(11-13-25)34-26(38)19-36-20-37(24-8-3-2-4-9-24)29(28(36)40)14-16-35(17-15-29)27(39)21-6-5-7-22(18-21)30(31,32)33/h2-13,18H,14-17,19-20H2,1H3,(H,34,38). The molecule has 2 fully saturated rings. The van der Waals surface area contributed by atoms with Gasteiger partial charge >= 0.3 is 6.18 Å². The zero-order chi connectivity index (χ0) is 29.2. The van der Waals surface area contributed by atoms with E-state index in [0.29, 0.717) is 11.4 Å². The normalized spacial score (nSPS) is 16.7. The van der Waals surface area contributed by atoms with Gasteiger partial charge in [-0.15, -0.1) is 0 Å². The van der Waals surface area contributed by atoms with E-state index in [1.54, 1.807) is 31.4 Å². The van der Waals surface area contributed by atoms with Gasteiger partial charge in [0.25, 0.3) is 11.8 Å². The molecule has 3 amide bonds. The molecule has 3 aromatic rings. The van der Waals surface area contributed by atoms with E-state index in [1.165, 1.54) is 21.9 Å². The molecule has 2 aliphatic heterocycles. The third kappa shape index (κ3) is 5.70. The Morgan fingerprint density at radius 3 is 2.27 bits per heavy atom. The summed E-state index contributed by atoms with van der Waals surface area (Å²) in [5.41, 5.74) is -0.561. The predicted molar refractivity (Wildman–Crippen MR) is 146 cm³/mol. The van der Waals surface area contributed by atoms with Crippen molar-refractivity contribution >= 4 is 29.1 Å². The van der Waals surface area contributed by atoms with Crippen molar-refractivity contribution in [2.45, 2.75) is 24.6 Å². The summed E-state index contributed by atoms with van der Waals surface area (Å²) in [6, 6.07) is 20.6. The highest BCUT2D eigenvalue weighted by Crippen LogP contribution is 2.40. The van der Waals surface area contributed by atoms with Crippen LogP contribution in [-0.2, 0) is 15.8 Å². The molecule has 0 atom stereocenters. The number of hydrogen-bond donors (Lipinski definition) is 1. The molecule has 2 heterocycles. The number of hydrogen-bond acceptors (Lipinski definition) is 5. The minimum Gasteiger partial charge on any atom is -0.497 e. The van der Waals surface area contributed by atoms with Crippen LogP contribution >= 0.6 is 0 Å². The first-order valence-corrected chi connectivity index (χ1v) is 13.1. The number of benzene rings is 3. The number of methoxy groups -OCH3 is 1. The Morgan fingerprint density at radius 2 is 1.63 bits per heavy atom. The highest BCUT2D eigenvalue weighted by molar-refractivity contribution is 6.00. The molecule has 11 heteroatoms. The van der Waals surface area contributed by atoms with Crippen molar-refractivity contribution in [3.8, 4) is 5.75 Å². The first kappa shape index (κ1) is 28.0. The van der Waals surface area contributed by atoms with Crippen molar-refractivity contribution < 1.29 is 32.3 Å². The van der Waals surface area contributed by atoms with E-state index in [0.717, 1.165) is 17.8 Å². The van der Waals surface area contributed by atoms with Crippen LogP contribution in [-0.4, -0.2) is 66.5 Å². The fourth-order valence-corrected chi connectivity index (χ4v) is 5.46. The second kappa shape index (κ2) is 11.1. The molecule has 0 saturated carbocycles. The molecule has 0 aromatic heterocycles. The Kier molecular flexibility index (Phi) is 7.61. The van der Waals surface area contributed by atoms with Crippen molar-refractivity contribution in [3.63, 3.8) is 0 Å². The molecule has 8 nitrogen and oxygen atoms in total. The molecule has 0 unspecified atom stereocenters. The predicted octanol–water partition coefficient (Wildman–Crippen LogP) is 4.63. The maximum absolute atomic E-state index is 13.9. The lowest BCUT2D eigenvalue weighted by molar-refractivity contribution is -0.137. The van der Waals surface area contributed by atoms with Gasteiger partial charge in [0.1, 0.15) is 17.8 Å². The Morgan fingerprint density at radius 1 is 0.951 bits per heavy atom. The summed E-state index contributed by atoms with van der Waals surface area (Å²) >= 11 is 0. The van der Waals surface area contributed by atoms with E-state index in [4.69, 9.17) is 4.74 Å². The summed E-state index contributed by atoms with van der Waals surface area (Å²) in [5.74, 6) is -0.447. The van der Waals surface area contributed by atoms with E-state index in [2.05, 4.69) is 5.32 Å². The highest BCUT2D eigenvalue weighted by atomic mass is 19.4. The Hall–Kier alpha value is -4.54. The van der Waals surface area contributed by atoms with E-state index >= 15 is 0 Å². The lowest BCUT2D eigenvalue weighted by atomic mass is 9.85.